The van der Waals surface area contributed by atoms with Crippen molar-refractivity contribution < 1.29 is 0 Å². The average Bonchev–Trinajstić information content (AvgIpc) is 2.78. The third kappa shape index (κ3) is 3.88. The Kier molecular flexibility index (Phi) is 6.02. The lowest BCUT2D eigenvalue weighted by Crippen LogP contribution is -2.24. The Morgan fingerprint density at radius 3 is 2.68 bits per heavy atom. The van der Waals surface area contributed by atoms with E-state index < -0.39 is 0 Å². The van der Waals surface area contributed by atoms with Gasteiger partial charge in [-0.05, 0) is 78.3 Å². The van der Waals surface area contributed by atoms with Gasteiger partial charge in [0.1, 0.15) is 0 Å². The highest BCUT2D eigenvalue weighted by Gasteiger charge is 2.21. The van der Waals surface area contributed by atoms with E-state index in [1.54, 1.807) is 11.3 Å². The van der Waals surface area contributed by atoms with Crippen LogP contribution in [0.15, 0.2) is 37.1 Å². The quantitative estimate of drug-likeness (QED) is 0.625. The summed E-state index contributed by atoms with van der Waals surface area (Å²) < 4.78 is 3.11. The maximum absolute atomic E-state index is 4.56. The molecule has 1 N–H and O–H groups in total. The third-order valence-electron chi connectivity index (χ3n) is 2.62. The number of aromatic nitrogens is 1. The molecular weight excluding hydrogens is 456 g/mol. The summed E-state index contributed by atoms with van der Waals surface area (Å²) in [6.07, 6.45) is 2.93. The minimum Gasteiger partial charge on any atom is -0.304 e. The highest BCUT2D eigenvalue weighted by atomic mass is 79.9. The summed E-state index contributed by atoms with van der Waals surface area (Å²) in [4.78, 5) is 5.81. The molecule has 0 radical (unpaired) electrons. The first kappa shape index (κ1) is 15.6. The molecule has 2 nitrogen and oxygen atoms in total. The van der Waals surface area contributed by atoms with Crippen LogP contribution in [-0.4, -0.2) is 11.5 Å². The van der Waals surface area contributed by atoms with Gasteiger partial charge in [0, 0.05) is 24.5 Å². The number of thiophene rings is 1. The first-order chi connectivity index (χ1) is 9.13. The Bertz CT molecular complexity index is 557. The fourth-order valence-electron chi connectivity index (χ4n) is 1.75. The van der Waals surface area contributed by atoms with Gasteiger partial charge in [-0.3, -0.25) is 4.98 Å². The lowest BCUT2D eigenvalue weighted by atomic mass is 10.1. The minimum atomic E-state index is 0.108. The second-order valence-corrected chi connectivity index (χ2v) is 7.61. The normalized spacial score (nSPS) is 12.6. The molecule has 0 aliphatic rings. The van der Waals surface area contributed by atoms with Crippen molar-refractivity contribution in [1.82, 2.24) is 10.3 Å². The van der Waals surface area contributed by atoms with Crippen LogP contribution in [0.2, 0.25) is 0 Å². The van der Waals surface area contributed by atoms with E-state index in [1.807, 2.05) is 12.3 Å². The summed E-state index contributed by atoms with van der Waals surface area (Å²) in [7, 11) is 0. The summed E-state index contributed by atoms with van der Waals surface area (Å²) in [6, 6.07) is 4.22. The van der Waals surface area contributed by atoms with E-state index in [9.17, 15) is 0 Å². The Morgan fingerprint density at radius 1 is 1.32 bits per heavy atom. The molecule has 2 rings (SSSR count). The van der Waals surface area contributed by atoms with Crippen molar-refractivity contribution in [2.45, 2.75) is 19.4 Å². The molecule has 0 saturated carbocycles. The van der Waals surface area contributed by atoms with Crippen LogP contribution in [0, 0.1) is 0 Å². The summed E-state index contributed by atoms with van der Waals surface area (Å²) >= 11 is 12.4. The topological polar surface area (TPSA) is 24.9 Å². The van der Waals surface area contributed by atoms with Crippen molar-refractivity contribution in [2.75, 3.05) is 6.54 Å². The number of pyridine rings is 1. The Morgan fingerprint density at radius 2 is 2.11 bits per heavy atom. The van der Waals surface area contributed by atoms with Crippen LogP contribution >= 0.6 is 59.1 Å². The third-order valence-corrected chi connectivity index (χ3v) is 5.62. The van der Waals surface area contributed by atoms with Crippen LogP contribution in [0.4, 0.5) is 0 Å². The zero-order chi connectivity index (χ0) is 13.8. The van der Waals surface area contributed by atoms with Crippen molar-refractivity contribution in [1.29, 1.82) is 0 Å². The smallest absolute Gasteiger partial charge is 0.0867 e. The zero-order valence-electron chi connectivity index (χ0n) is 10.3. The minimum absolute atomic E-state index is 0.108. The summed E-state index contributed by atoms with van der Waals surface area (Å²) in [6.45, 7) is 3.12. The molecule has 0 spiro atoms. The lowest BCUT2D eigenvalue weighted by molar-refractivity contribution is 0.590. The zero-order valence-corrected chi connectivity index (χ0v) is 15.9. The van der Waals surface area contributed by atoms with Crippen molar-refractivity contribution in [3.8, 4) is 0 Å². The van der Waals surface area contributed by atoms with Crippen molar-refractivity contribution >= 4 is 59.1 Å². The van der Waals surface area contributed by atoms with Gasteiger partial charge in [0.05, 0.1) is 11.7 Å². The van der Waals surface area contributed by atoms with Gasteiger partial charge in [0.2, 0.25) is 0 Å². The highest BCUT2D eigenvalue weighted by Crippen LogP contribution is 2.35. The van der Waals surface area contributed by atoms with Gasteiger partial charge in [0.15, 0.2) is 0 Å². The summed E-state index contributed by atoms with van der Waals surface area (Å²) in [5, 5.41) is 5.65. The molecule has 1 atom stereocenters. The largest absolute Gasteiger partial charge is 0.304 e. The SMILES string of the molecule is CCCNC(c1ncc(Br)cc1Br)c1sccc1Br. The molecule has 2 aromatic rings. The van der Waals surface area contributed by atoms with Gasteiger partial charge < -0.3 is 5.32 Å². The van der Waals surface area contributed by atoms with E-state index in [4.69, 9.17) is 0 Å². The number of hydrogen-bond donors (Lipinski definition) is 1. The van der Waals surface area contributed by atoms with E-state index >= 15 is 0 Å². The number of rotatable bonds is 5. The van der Waals surface area contributed by atoms with Crippen LogP contribution in [0.5, 0.6) is 0 Å². The molecule has 0 aromatic carbocycles. The number of hydrogen-bond acceptors (Lipinski definition) is 3. The molecule has 1 unspecified atom stereocenters. The molecule has 2 aromatic heterocycles. The van der Waals surface area contributed by atoms with Crippen LogP contribution in [-0.2, 0) is 0 Å². The molecule has 0 aliphatic heterocycles. The Hall–Kier alpha value is 0.250. The molecule has 6 heteroatoms. The standard InChI is InChI=1S/C13H13Br3N2S/c1-2-4-17-12(13-9(15)3-5-19-13)11-10(16)6-8(14)7-18-11/h3,5-7,12,17H,2,4H2,1H3. The second kappa shape index (κ2) is 7.31. The maximum Gasteiger partial charge on any atom is 0.0867 e. The Labute approximate surface area is 142 Å². The van der Waals surface area contributed by atoms with E-state index in [0.29, 0.717) is 0 Å². The van der Waals surface area contributed by atoms with Crippen LogP contribution < -0.4 is 5.32 Å². The van der Waals surface area contributed by atoms with Crippen molar-refractivity contribution in [3.05, 3.63) is 47.7 Å². The highest BCUT2D eigenvalue weighted by molar-refractivity contribution is 9.11. The van der Waals surface area contributed by atoms with Crippen LogP contribution in [0.1, 0.15) is 30.0 Å². The van der Waals surface area contributed by atoms with Gasteiger partial charge in [-0.25, -0.2) is 0 Å². The number of halogens is 3. The summed E-state index contributed by atoms with van der Waals surface area (Å²) in [5.74, 6) is 0. The van der Waals surface area contributed by atoms with E-state index in [2.05, 4.69) is 76.5 Å². The van der Waals surface area contributed by atoms with E-state index in [1.165, 1.54) is 4.88 Å². The lowest BCUT2D eigenvalue weighted by Gasteiger charge is -2.19. The predicted octanol–water partition coefficient (Wildman–Crippen LogP) is 5.52. The molecule has 0 amide bonds. The fourth-order valence-corrected chi connectivity index (χ4v) is 4.65. The monoisotopic (exact) mass is 466 g/mol. The number of nitrogens with one attached hydrogen (secondary N) is 1. The Balaban J connectivity index is 2.40. The average molecular weight is 469 g/mol. The van der Waals surface area contributed by atoms with E-state index in [0.717, 1.165) is 32.1 Å². The van der Waals surface area contributed by atoms with Crippen molar-refractivity contribution in [2.24, 2.45) is 0 Å². The van der Waals surface area contributed by atoms with Gasteiger partial charge in [-0.1, -0.05) is 6.92 Å². The predicted molar refractivity (Wildman–Crippen MR) is 91.8 cm³/mol. The van der Waals surface area contributed by atoms with Gasteiger partial charge >= 0.3 is 0 Å². The van der Waals surface area contributed by atoms with Crippen LogP contribution in [0.3, 0.4) is 0 Å². The first-order valence-electron chi connectivity index (χ1n) is 5.90. The van der Waals surface area contributed by atoms with Gasteiger partial charge in [-0.15, -0.1) is 11.3 Å². The molecule has 0 bridgehead atoms. The molecule has 2 heterocycles. The second-order valence-electron chi connectivity index (χ2n) is 4.04. The fraction of sp³-hybridized carbons (Fsp3) is 0.308. The maximum atomic E-state index is 4.56. The van der Waals surface area contributed by atoms with E-state index in [-0.39, 0.29) is 6.04 Å². The molecule has 19 heavy (non-hydrogen) atoms. The molecule has 0 saturated heterocycles. The first-order valence-corrected chi connectivity index (χ1v) is 9.16. The molecule has 102 valence electrons. The van der Waals surface area contributed by atoms with Crippen LogP contribution in [0.25, 0.3) is 0 Å². The molecular formula is C13H13Br3N2S. The molecule has 0 aliphatic carbocycles. The molecule has 0 fully saturated rings. The van der Waals surface area contributed by atoms with Gasteiger partial charge in [0.25, 0.3) is 0 Å². The number of nitrogens with zero attached hydrogens (tertiary/aromatic N) is 1. The van der Waals surface area contributed by atoms with Crippen molar-refractivity contribution in [3.63, 3.8) is 0 Å². The van der Waals surface area contributed by atoms with Gasteiger partial charge in [-0.2, -0.15) is 0 Å². The summed E-state index contributed by atoms with van der Waals surface area (Å²) in [5.41, 5.74) is 1.01.